The summed E-state index contributed by atoms with van der Waals surface area (Å²) in [4.78, 5) is 36.3. The fourth-order valence-electron chi connectivity index (χ4n) is 2.95. The van der Waals surface area contributed by atoms with E-state index in [1.54, 1.807) is 54.6 Å². The van der Waals surface area contributed by atoms with Gasteiger partial charge in [0.25, 0.3) is 17.5 Å². The van der Waals surface area contributed by atoms with Crippen molar-refractivity contribution in [2.45, 2.75) is 13.8 Å². The quantitative estimate of drug-likeness (QED) is 0.296. The molecule has 0 heterocycles. The summed E-state index contributed by atoms with van der Waals surface area (Å²) in [6.07, 6.45) is 1.39. The predicted molar refractivity (Wildman–Crippen MR) is 126 cm³/mol. The number of nitrogens with one attached hydrogen (secondary N) is 2. The lowest BCUT2D eigenvalue weighted by Crippen LogP contribution is -2.30. The summed E-state index contributed by atoms with van der Waals surface area (Å²) in [5.41, 5.74) is 2.07. The molecule has 3 aromatic rings. The van der Waals surface area contributed by atoms with Gasteiger partial charge in [-0.05, 0) is 61.9 Å². The summed E-state index contributed by atoms with van der Waals surface area (Å²) in [6.45, 7) is 4.30. The molecule has 0 fully saturated rings. The smallest absolute Gasteiger partial charge is 0.272 e. The van der Waals surface area contributed by atoms with Crippen molar-refractivity contribution in [2.24, 2.45) is 0 Å². The van der Waals surface area contributed by atoms with Crippen LogP contribution in [-0.2, 0) is 4.79 Å². The van der Waals surface area contributed by atoms with Gasteiger partial charge in [-0.1, -0.05) is 29.8 Å². The van der Waals surface area contributed by atoms with Gasteiger partial charge in [-0.25, -0.2) is 0 Å². The topological polar surface area (TPSA) is 111 Å². The third-order valence-corrected chi connectivity index (χ3v) is 4.62. The zero-order valence-electron chi connectivity index (χ0n) is 18.2. The highest BCUT2D eigenvalue weighted by Gasteiger charge is 2.16. The van der Waals surface area contributed by atoms with Gasteiger partial charge in [0.15, 0.2) is 0 Å². The summed E-state index contributed by atoms with van der Waals surface area (Å²) >= 11 is 0. The molecule has 0 bridgehead atoms. The van der Waals surface area contributed by atoms with Gasteiger partial charge in [0.1, 0.15) is 11.4 Å². The number of nitro benzene ring substituents is 1. The van der Waals surface area contributed by atoms with Crippen LogP contribution in [0.1, 0.15) is 28.4 Å². The molecule has 2 amide bonds. The van der Waals surface area contributed by atoms with Crippen molar-refractivity contribution in [1.29, 1.82) is 0 Å². The lowest BCUT2D eigenvalue weighted by Gasteiger charge is -2.12. The first kappa shape index (κ1) is 23.2. The average molecular weight is 445 g/mol. The number of hydrogen-bond donors (Lipinski definition) is 2. The highest BCUT2D eigenvalue weighted by atomic mass is 16.6. The molecule has 0 saturated carbocycles. The van der Waals surface area contributed by atoms with Crippen molar-refractivity contribution in [2.75, 3.05) is 11.9 Å². The zero-order chi connectivity index (χ0) is 23.8. The van der Waals surface area contributed by atoms with Gasteiger partial charge in [-0.3, -0.25) is 19.7 Å². The summed E-state index contributed by atoms with van der Waals surface area (Å²) in [7, 11) is 0. The van der Waals surface area contributed by atoms with E-state index < -0.39 is 16.7 Å². The maximum absolute atomic E-state index is 13.0. The first-order chi connectivity index (χ1) is 15.9. The number of aryl methyl sites for hydroxylation is 1. The number of anilines is 1. The summed E-state index contributed by atoms with van der Waals surface area (Å²) in [5, 5.41) is 16.4. The summed E-state index contributed by atoms with van der Waals surface area (Å²) in [5.74, 6) is -0.393. The number of amides is 2. The van der Waals surface area contributed by atoms with E-state index >= 15 is 0 Å². The fourth-order valence-corrected chi connectivity index (χ4v) is 2.95. The van der Waals surface area contributed by atoms with E-state index in [1.807, 2.05) is 13.8 Å². The first-order valence-corrected chi connectivity index (χ1v) is 10.2. The van der Waals surface area contributed by atoms with Crippen molar-refractivity contribution < 1.29 is 19.2 Å². The molecule has 0 unspecified atom stereocenters. The van der Waals surface area contributed by atoms with Crippen molar-refractivity contribution >= 4 is 29.3 Å². The van der Waals surface area contributed by atoms with Crippen LogP contribution in [-0.4, -0.2) is 23.3 Å². The number of carbonyl (C=O) groups is 2. The lowest BCUT2D eigenvalue weighted by molar-refractivity contribution is -0.384. The second-order valence-electron chi connectivity index (χ2n) is 7.14. The number of nitro groups is 1. The predicted octanol–water partition coefficient (Wildman–Crippen LogP) is 4.71. The maximum atomic E-state index is 13.0. The molecule has 0 atom stereocenters. The number of rotatable bonds is 8. The molecule has 0 radical (unpaired) electrons. The van der Waals surface area contributed by atoms with Crippen LogP contribution in [0.4, 0.5) is 11.4 Å². The molecule has 33 heavy (non-hydrogen) atoms. The van der Waals surface area contributed by atoms with E-state index in [4.69, 9.17) is 4.74 Å². The van der Waals surface area contributed by atoms with E-state index in [0.29, 0.717) is 29.2 Å². The molecular weight excluding hydrogens is 422 g/mol. The van der Waals surface area contributed by atoms with Crippen molar-refractivity contribution in [1.82, 2.24) is 5.32 Å². The van der Waals surface area contributed by atoms with Crippen molar-refractivity contribution in [3.8, 4) is 5.75 Å². The molecule has 0 aliphatic heterocycles. The summed E-state index contributed by atoms with van der Waals surface area (Å²) in [6, 6.07) is 19.5. The third-order valence-electron chi connectivity index (χ3n) is 4.62. The van der Waals surface area contributed by atoms with Gasteiger partial charge >= 0.3 is 0 Å². The van der Waals surface area contributed by atoms with Crippen LogP contribution in [0.5, 0.6) is 5.75 Å². The molecule has 3 rings (SSSR count). The van der Waals surface area contributed by atoms with Crippen LogP contribution >= 0.6 is 0 Å². The van der Waals surface area contributed by atoms with Gasteiger partial charge in [-0.2, -0.15) is 0 Å². The standard InChI is InChI=1S/C25H23N3O5/c1-3-33-22-13-11-20(12-14-22)26-25(30)23(16-18-5-4-6-21(15-18)28(31)32)27-24(29)19-9-7-17(2)8-10-19/h4-16H,3H2,1-2H3,(H,26,30)(H,27,29). The van der Waals surface area contributed by atoms with Gasteiger partial charge < -0.3 is 15.4 Å². The Hall–Kier alpha value is -4.46. The first-order valence-electron chi connectivity index (χ1n) is 10.2. The van der Waals surface area contributed by atoms with Crippen LogP contribution in [0, 0.1) is 17.0 Å². The lowest BCUT2D eigenvalue weighted by atomic mass is 10.1. The molecule has 0 aliphatic carbocycles. The minimum atomic E-state index is -0.578. The molecule has 0 saturated heterocycles. The van der Waals surface area contributed by atoms with Crippen LogP contribution < -0.4 is 15.4 Å². The Morgan fingerprint density at radius 3 is 2.36 bits per heavy atom. The van der Waals surface area contributed by atoms with E-state index in [1.165, 1.54) is 24.3 Å². The Bertz CT molecular complexity index is 1190. The van der Waals surface area contributed by atoms with Gasteiger partial charge in [0, 0.05) is 23.4 Å². The molecule has 168 valence electrons. The molecule has 8 heteroatoms. The van der Waals surface area contributed by atoms with Gasteiger partial charge in [0.2, 0.25) is 0 Å². The average Bonchev–Trinajstić information content (AvgIpc) is 2.80. The minimum absolute atomic E-state index is 0.0602. The van der Waals surface area contributed by atoms with Gasteiger partial charge in [0.05, 0.1) is 11.5 Å². The summed E-state index contributed by atoms with van der Waals surface area (Å²) < 4.78 is 5.40. The zero-order valence-corrected chi connectivity index (χ0v) is 18.2. The van der Waals surface area contributed by atoms with Crippen LogP contribution in [0.25, 0.3) is 6.08 Å². The second kappa shape index (κ2) is 10.7. The highest BCUT2D eigenvalue weighted by molar-refractivity contribution is 6.10. The molecule has 2 N–H and O–H groups in total. The number of ether oxygens (including phenoxy) is 1. The number of benzene rings is 3. The Morgan fingerprint density at radius 2 is 1.73 bits per heavy atom. The number of non-ortho nitro benzene ring substituents is 1. The normalized spacial score (nSPS) is 10.9. The molecule has 0 spiro atoms. The molecule has 8 nitrogen and oxygen atoms in total. The number of nitrogens with zero attached hydrogens (tertiary/aromatic N) is 1. The maximum Gasteiger partial charge on any atom is 0.272 e. The van der Waals surface area contributed by atoms with Gasteiger partial charge in [-0.15, -0.1) is 0 Å². The van der Waals surface area contributed by atoms with Crippen LogP contribution in [0.3, 0.4) is 0 Å². The Labute approximate surface area is 191 Å². The van der Waals surface area contributed by atoms with E-state index in [9.17, 15) is 19.7 Å². The van der Waals surface area contributed by atoms with Crippen molar-refractivity contribution in [3.05, 3.63) is 105 Å². The second-order valence-corrected chi connectivity index (χ2v) is 7.14. The molecule has 3 aromatic carbocycles. The molecule has 0 aromatic heterocycles. The largest absolute Gasteiger partial charge is 0.494 e. The van der Waals surface area contributed by atoms with Crippen molar-refractivity contribution in [3.63, 3.8) is 0 Å². The fraction of sp³-hybridized carbons (Fsp3) is 0.120. The Balaban J connectivity index is 1.89. The number of carbonyl (C=O) groups excluding carboxylic acids is 2. The minimum Gasteiger partial charge on any atom is -0.494 e. The van der Waals surface area contributed by atoms with Crippen LogP contribution in [0.2, 0.25) is 0 Å². The third kappa shape index (κ3) is 6.51. The van der Waals surface area contributed by atoms with E-state index in [-0.39, 0.29) is 11.4 Å². The van der Waals surface area contributed by atoms with E-state index in [2.05, 4.69) is 10.6 Å². The SMILES string of the molecule is CCOc1ccc(NC(=O)C(=Cc2cccc([N+](=O)[O-])c2)NC(=O)c2ccc(C)cc2)cc1. The van der Waals surface area contributed by atoms with E-state index in [0.717, 1.165) is 5.56 Å². The molecular formula is C25H23N3O5. The monoisotopic (exact) mass is 445 g/mol. The Kier molecular flexibility index (Phi) is 7.54. The highest BCUT2D eigenvalue weighted by Crippen LogP contribution is 2.18. The Morgan fingerprint density at radius 1 is 1.03 bits per heavy atom. The van der Waals surface area contributed by atoms with Crippen LogP contribution in [0.15, 0.2) is 78.5 Å². The number of hydrogen-bond acceptors (Lipinski definition) is 5. The molecule has 0 aliphatic rings.